The van der Waals surface area contributed by atoms with Crippen LogP contribution >= 0.6 is 11.3 Å². The second kappa shape index (κ2) is 6.38. The minimum absolute atomic E-state index is 0.0279. The van der Waals surface area contributed by atoms with Crippen LogP contribution < -0.4 is 5.73 Å². The molecule has 0 amide bonds. The average molecular weight is 346 g/mol. The molecule has 0 aliphatic carbocycles. The van der Waals surface area contributed by atoms with Crippen molar-refractivity contribution in [3.8, 4) is 0 Å². The van der Waals surface area contributed by atoms with Crippen molar-refractivity contribution in [2.75, 3.05) is 25.4 Å². The molecule has 126 valence electrons. The van der Waals surface area contributed by atoms with Crippen LogP contribution in [0.5, 0.6) is 0 Å². The number of hydrogen-bond donors (Lipinski definition) is 1. The Bertz CT molecular complexity index is 833. The first-order valence-electron chi connectivity index (χ1n) is 7.74. The normalized spacial score (nSPS) is 19.1. The number of aromatic nitrogens is 6. The van der Waals surface area contributed by atoms with Crippen LogP contribution in [0.4, 0.5) is 5.82 Å². The number of fused-ring (bicyclic) bond motifs is 1. The summed E-state index contributed by atoms with van der Waals surface area (Å²) in [6, 6.07) is 0. The van der Waals surface area contributed by atoms with Gasteiger partial charge in [-0.05, 0) is 6.92 Å². The van der Waals surface area contributed by atoms with Crippen LogP contribution in [0.2, 0.25) is 0 Å². The van der Waals surface area contributed by atoms with Crippen LogP contribution in [0, 0.1) is 6.92 Å². The van der Waals surface area contributed by atoms with E-state index in [-0.39, 0.29) is 6.10 Å². The summed E-state index contributed by atoms with van der Waals surface area (Å²) >= 11 is 1.68. The number of thiazole rings is 1. The number of nitrogens with zero attached hydrogens (tertiary/aromatic N) is 7. The Morgan fingerprint density at radius 2 is 2.33 bits per heavy atom. The lowest BCUT2D eigenvalue weighted by Gasteiger charge is -2.32. The zero-order chi connectivity index (χ0) is 16.5. The van der Waals surface area contributed by atoms with Crippen molar-refractivity contribution >= 4 is 28.3 Å². The third-order valence-electron chi connectivity index (χ3n) is 3.94. The van der Waals surface area contributed by atoms with E-state index in [0.29, 0.717) is 36.0 Å². The highest BCUT2D eigenvalue weighted by Gasteiger charge is 2.23. The number of morpholine rings is 1. The van der Waals surface area contributed by atoms with Crippen molar-refractivity contribution in [3.05, 3.63) is 22.4 Å². The lowest BCUT2D eigenvalue weighted by molar-refractivity contribution is -0.0399. The van der Waals surface area contributed by atoms with Crippen molar-refractivity contribution in [1.82, 2.24) is 34.8 Å². The van der Waals surface area contributed by atoms with Gasteiger partial charge in [-0.15, -0.1) is 16.4 Å². The number of hydrogen-bond acceptors (Lipinski definition) is 9. The predicted octanol–water partition coefficient (Wildman–Crippen LogP) is 0.469. The van der Waals surface area contributed by atoms with Gasteiger partial charge in [-0.25, -0.2) is 19.6 Å². The molecule has 4 rings (SSSR count). The highest BCUT2D eigenvalue weighted by atomic mass is 32.1. The highest BCUT2D eigenvalue weighted by Crippen LogP contribution is 2.17. The standard InChI is InChI=1S/C14H18N8OS/c1-9-17-13(15)12-14(18-9)22(20-19-12)7-10-6-21(3-4-23-10)8-11-16-2-5-24-11/h2,5,10H,3-4,6-8H2,1H3,(H2,15,17,18)/t10-/m0/s1. The molecule has 0 radical (unpaired) electrons. The summed E-state index contributed by atoms with van der Waals surface area (Å²) in [4.78, 5) is 15.2. The minimum Gasteiger partial charge on any atom is -0.382 e. The molecule has 9 nitrogen and oxygen atoms in total. The van der Waals surface area contributed by atoms with Gasteiger partial charge in [0, 0.05) is 24.7 Å². The Hall–Kier alpha value is -2.17. The molecule has 1 aliphatic heterocycles. The van der Waals surface area contributed by atoms with Crippen LogP contribution in [0.15, 0.2) is 11.6 Å². The summed E-state index contributed by atoms with van der Waals surface area (Å²) in [6.07, 6.45) is 1.87. The molecule has 1 fully saturated rings. The van der Waals surface area contributed by atoms with Crippen molar-refractivity contribution in [3.63, 3.8) is 0 Å². The zero-order valence-electron chi connectivity index (χ0n) is 13.3. The molecule has 0 spiro atoms. The molecule has 0 aromatic carbocycles. The molecule has 10 heteroatoms. The van der Waals surface area contributed by atoms with E-state index in [1.807, 2.05) is 11.6 Å². The fraction of sp³-hybridized carbons (Fsp3) is 0.500. The summed E-state index contributed by atoms with van der Waals surface area (Å²) in [5.74, 6) is 0.970. The molecule has 2 N–H and O–H groups in total. The van der Waals surface area contributed by atoms with Crippen LogP contribution in [0.3, 0.4) is 0 Å². The minimum atomic E-state index is 0.0279. The molecule has 3 aromatic heterocycles. The van der Waals surface area contributed by atoms with E-state index in [1.54, 1.807) is 22.9 Å². The highest BCUT2D eigenvalue weighted by molar-refractivity contribution is 7.09. The van der Waals surface area contributed by atoms with E-state index in [9.17, 15) is 0 Å². The Kier molecular flexibility index (Phi) is 4.08. The van der Waals surface area contributed by atoms with Gasteiger partial charge in [0.25, 0.3) is 0 Å². The van der Waals surface area contributed by atoms with Crippen molar-refractivity contribution < 1.29 is 4.74 Å². The van der Waals surface area contributed by atoms with Crippen molar-refractivity contribution in [2.45, 2.75) is 26.1 Å². The molecule has 24 heavy (non-hydrogen) atoms. The quantitative estimate of drug-likeness (QED) is 0.726. The molecule has 1 atom stereocenters. The van der Waals surface area contributed by atoms with Gasteiger partial charge in [0.15, 0.2) is 17.0 Å². The fourth-order valence-electron chi connectivity index (χ4n) is 2.86. The molecule has 4 heterocycles. The van der Waals surface area contributed by atoms with Gasteiger partial charge in [-0.1, -0.05) is 5.21 Å². The van der Waals surface area contributed by atoms with E-state index < -0.39 is 0 Å². The molecule has 0 saturated carbocycles. The topological polar surface area (TPSA) is 108 Å². The maximum absolute atomic E-state index is 5.89. The number of anilines is 1. The smallest absolute Gasteiger partial charge is 0.184 e. The first-order chi connectivity index (χ1) is 11.7. The molecule has 3 aromatic rings. The molecule has 1 aliphatic rings. The Balaban J connectivity index is 1.49. The van der Waals surface area contributed by atoms with Crippen LogP contribution in [-0.4, -0.2) is 60.6 Å². The fourth-order valence-corrected chi connectivity index (χ4v) is 3.52. The Labute approximate surface area is 142 Å². The van der Waals surface area contributed by atoms with Crippen LogP contribution in [0.25, 0.3) is 11.2 Å². The SMILES string of the molecule is Cc1nc(N)c2nnn(C[C@@H]3CN(Cc4nccs4)CCO3)c2n1. The molecular formula is C14H18N8OS. The van der Waals surface area contributed by atoms with Gasteiger partial charge >= 0.3 is 0 Å². The lowest BCUT2D eigenvalue weighted by atomic mass is 10.2. The summed E-state index contributed by atoms with van der Waals surface area (Å²) in [6.45, 7) is 5.66. The van der Waals surface area contributed by atoms with Gasteiger partial charge in [-0.2, -0.15) is 0 Å². The van der Waals surface area contributed by atoms with E-state index in [0.717, 1.165) is 24.6 Å². The number of ether oxygens (including phenoxy) is 1. The molecular weight excluding hydrogens is 328 g/mol. The summed E-state index contributed by atoms with van der Waals surface area (Å²) in [5.41, 5.74) is 7.08. The maximum Gasteiger partial charge on any atom is 0.184 e. The summed E-state index contributed by atoms with van der Waals surface area (Å²) in [7, 11) is 0. The largest absolute Gasteiger partial charge is 0.382 e. The van der Waals surface area contributed by atoms with E-state index >= 15 is 0 Å². The van der Waals surface area contributed by atoms with Crippen molar-refractivity contribution in [1.29, 1.82) is 0 Å². The third-order valence-corrected chi connectivity index (χ3v) is 4.71. The van der Waals surface area contributed by atoms with Crippen molar-refractivity contribution in [2.24, 2.45) is 0 Å². The Morgan fingerprint density at radius 3 is 3.17 bits per heavy atom. The van der Waals surface area contributed by atoms with Crippen LogP contribution in [-0.2, 0) is 17.8 Å². The van der Waals surface area contributed by atoms with E-state index in [1.165, 1.54) is 0 Å². The second-order valence-corrected chi connectivity index (χ2v) is 6.73. The summed E-state index contributed by atoms with van der Waals surface area (Å²) in [5, 5.41) is 11.4. The third kappa shape index (κ3) is 3.07. The lowest BCUT2D eigenvalue weighted by Crippen LogP contribution is -2.43. The van der Waals surface area contributed by atoms with Crippen LogP contribution in [0.1, 0.15) is 10.8 Å². The van der Waals surface area contributed by atoms with E-state index in [2.05, 4.69) is 30.2 Å². The maximum atomic E-state index is 5.89. The molecule has 1 saturated heterocycles. The summed E-state index contributed by atoms with van der Waals surface area (Å²) < 4.78 is 7.64. The monoisotopic (exact) mass is 346 g/mol. The molecule has 0 bridgehead atoms. The number of rotatable bonds is 4. The second-order valence-electron chi connectivity index (χ2n) is 5.75. The number of nitrogens with two attached hydrogens (primary N) is 1. The molecule has 0 unspecified atom stereocenters. The predicted molar refractivity (Wildman–Crippen MR) is 89.4 cm³/mol. The number of nitrogen functional groups attached to an aromatic ring is 1. The van der Waals surface area contributed by atoms with Gasteiger partial charge < -0.3 is 10.5 Å². The number of aryl methyl sites for hydroxylation is 1. The van der Waals surface area contributed by atoms with Gasteiger partial charge in [0.1, 0.15) is 10.8 Å². The van der Waals surface area contributed by atoms with Gasteiger partial charge in [-0.3, -0.25) is 4.90 Å². The first-order valence-corrected chi connectivity index (χ1v) is 8.62. The Morgan fingerprint density at radius 1 is 1.42 bits per heavy atom. The average Bonchev–Trinajstić information content (AvgIpc) is 3.18. The van der Waals surface area contributed by atoms with E-state index in [4.69, 9.17) is 10.5 Å². The zero-order valence-corrected chi connectivity index (χ0v) is 14.1. The van der Waals surface area contributed by atoms with Gasteiger partial charge in [0.05, 0.1) is 25.8 Å². The van der Waals surface area contributed by atoms with Gasteiger partial charge in [0.2, 0.25) is 0 Å². The first kappa shape index (κ1) is 15.4.